The molecule has 0 bridgehead atoms. The lowest BCUT2D eigenvalue weighted by molar-refractivity contribution is 0.101. The number of nitrogens with zero attached hydrogens (tertiary/aromatic N) is 3. The summed E-state index contributed by atoms with van der Waals surface area (Å²) in [4.78, 5) is 43.7. The molecule has 8 nitrogen and oxygen atoms in total. The summed E-state index contributed by atoms with van der Waals surface area (Å²) in [7, 11) is 0. The number of ether oxygens (including phenoxy) is 1. The maximum Gasteiger partial charge on any atom is 0.409 e. The average molecular weight is 396 g/mol. The Morgan fingerprint density at radius 1 is 1.07 bits per heavy atom. The van der Waals surface area contributed by atoms with Crippen molar-refractivity contribution in [2.75, 3.05) is 43.0 Å². The van der Waals surface area contributed by atoms with E-state index in [2.05, 4.69) is 15.2 Å². The summed E-state index contributed by atoms with van der Waals surface area (Å²) in [5.41, 5.74) is 2.35. The van der Waals surface area contributed by atoms with Crippen LogP contribution >= 0.6 is 0 Å². The third-order valence-corrected chi connectivity index (χ3v) is 4.70. The van der Waals surface area contributed by atoms with Crippen LogP contribution in [0.1, 0.15) is 34.7 Å². The largest absolute Gasteiger partial charge is 0.450 e. The van der Waals surface area contributed by atoms with E-state index in [0.29, 0.717) is 49.7 Å². The molecule has 1 aliphatic heterocycles. The Labute approximate surface area is 169 Å². The highest BCUT2D eigenvalue weighted by molar-refractivity contribution is 6.03. The number of ketones is 1. The van der Waals surface area contributed by atoms with E-state index >= 15 is 0 Å². The molecule has 0 unspecified atom stereocenters. The topological polar surface area (TPSA) is 91.8 Å². The van der Waals surface area contributed by atoms with Crippen LogP contribution in [0.2, 0.25) is 0 Å². The Morgan fingerprint density at radius 3 is 2.38 bits per heavy atom. The van der Waals surface area contributed by atoms with E-state index in [0.717, 1.165) is 5.69 Å². The third-order valence-electron chi connectivity index (χ3n) is 4.70. The lowest BCUT2D eigenvalue weighted by atomic mass is 10.1. The zero-order valence-electron chi connectivity index (χ0n) is 16.6. The van der Waals surface area contributed by atoms with Crippen LogP contribution in [0.3, 0.4) is 0 Å². The zero-order valence-corrected chi connectivity index (χ0v) is 16.6. The van der Waals surface area contributed by atoms with Crippen LogP contribution in [-0.2, 0) is 4.74 Å². The zero-order chi connectivity index (χ0) is 20.8. The van der Waals surface area contributed by atoms with Gasteiger partial charge in [0.05, 0.1) is 6.61 Å². The normalized spacial score (nSPS) is 13.7. The molecule has 1 aliphatic rings. The Kier molecular flexibility index (Phi) is 6.43. The number of carbonyl (C=O) groups excluding carboxylic acids is 3. The summed E-state index contributed by atoms with van der Waals surface area (Å²) in [6.45, 7) is 6.06. The van der Waals surface area contributed by atoms with Crippen molar-refractivity contribution in [2.45, 2.75) is 13.8 Å². The standard InChI is InChI=1S/C21H24N4O4/c1-3-29-21(28)25-12-10-24(11-13-25)18-8-9-22-19(14-18)20(27)23-17-6-4-16(5-7-17)15(2)26/h4-9,14H,3,10-13H2,1-2H3,(H,23,27). The van der Waals surface area contributed by atoms with Crippen LogP contribution in [0.4, 0.5) is 16.2 Å². The van der Waals surface area contributed by atoms with Crippen molar-refractivity contribution in [3.63, 3.8) is 0 Å². The van der Waals surface area contributed by atoms with Gasteiger partial charge >= 0.3 is 6.09 Å². The molecule has 0 saturated carbocycles. The number of nitrogens with one attached hydrogen (secondary N) is 1. The molecule has 2 heterocycles. The number of pyridine rings is 1. The molecule has 0 atom stereocenters. The van der Waals surface area contributed by atoms with Gasteiger partial charge in [0.25, 0.3) is 5.91 Å². The minimum absolute atomic E-state index is 0.0275. The van der Waals surface area contributed by atoms with Gasteiger partial charge in [-0.15, -0.1) is 0 Å². The summed E-state index contributed by atoms with van der Waals surface area (Å²) < 4.78 is 5.04. The molecule has 0 aliphatic carbocycles. The number of carbonyl (C=O) groups is 3. The van der Waals surface area contributed by atoms with Crippen LogP contribution in [0.15, 0.2) is 42.6 Å². The van der Waals surface area contributed by atoms with Crippen molar-refractivity contribution in [3.05, 3.63) is 53.9 Å². The molecule has 0 radical (unpaired) electrons. The van der Waals surface area contributed by atoms with Gasteiger partial charge in [-0.25, -0.2) is 4.79 Å². The minimum atomic E-state index is -0.326. The first-order valence-electron chi connectivity index (χ1n) is 9.53. The van der Waals surface area contributed by atoms with E-state index in [-0.39, 0.29) is 17.8 Å². The lowest BCUT2D eigenvalue weighted by Gasteiger charge is -2.35. The second-order valence-corrected chi connectivity index (χ2v) is 6.66. The Balaban J connectivity index is 1.62. The van der Waals surface area contributed by atoms with Gasteiger partial charge in [0.15, 0.2) is 5.78 Å². The summed E-state index contributed by atoms with van der Waals surface area (Å²) >= 11 is 0. The molecule has 2 aromatic rings. The highest BCUT2D eigenvalue weighted by Crippen LogP contribution is 2.18. The summed E-state index contributed by atoms with van der Waals surface area (Å²) in [5.74, 6) is -0.354. The van der Waals surface area contributed by atoms with E-state index in [1.807, 2.05) is 6.07 Å². The molecule has 1 aromatic carbocycles. The first-order chi connectivity index (χ1) is 14.0. The van der Waals surface area contributed by atoms with Crippen LogP contribution < -0.4 is 10.2 Å². The Morgan fingerprint density at radius 2 is 1.76 bits per heavy atom. The Hall–Kier alpha value is -3.42. The average Bonchev–Trinajstić information content (AvgIpc) is 2.74. The maximum atomic E-state index is 12.6. The van der Waals surface area contributed by atoms with Gasteiger partial charge in [-0.2, -0.15) is 0 Å². The number of Topliss-reactive ketones (excluding diaryl/α,β-unsaturated/α-hetero) is 1. The first-order valence-corrected chi connectivity index (χ1v) is 9.53. The predicted octanol–water partition coefficient (Wildman–Crippen LogP) is 2.82. The van der Waals surface area contributed by atoms with Crippen molar-refractivity contribution in [1.29, 1.82) is 0 Å². The third kappa shape index (κ3) is 5.10. The molecular weight excluding hydrogens is 372 g/mol. The van der Waals surface area contributed by atoms with Crippen LogP contribution in [0, 0.1) is 0 Å². The summed E-state index contributed by atoms with van der Waals surface area (Å²) in [6, 6.07) is 10.3. The van der Waals surface area contributed by atoms with Crippen molar-refractivity contribution in [2.24, 2.45) is 0 Å². The highest BCUT2D eigenvalue weighted by atomic mass is 16.6. The molecule has 2 amide bonds. The fraction of sp³-hybridized carbons (Fsp3) is 0.333. The molecule has 1 aromatic heterocycles. The smallest absolute Gasteiger partial charge is 0.409 e. The van der Waals surface area contributed by atoms with Gasteiger partial charge in [0.1, 0.15) is 5.69 Å². The van der Waals surface area contributed by atoms with Crippen LogP contribution in [-0.4, -0.2) is 60.5 Å². The van der Waals surface area contributed by atoms with Crippen LogP contribution in [0.25, 0.3) is 0 Å². The molecule has 29 heavy (non-hydrogen) atoms. The predicted molar refractivity (Wildman–Crippen MR) is 109 cm³/mol. The van der Waals surface area contributed by atoms with E-state index < -0.39 is 0 Å². The van der Waals surface area contributed by atoms with E-state index in [1.54, 1.807) is 48.4 Å². The molecule has 1 N–H and O–H groups in total. The van der Waals surface area contributed by atoms with Gasteiger partial charge in [0.2, 0.25) is 0 Å². The number of aromatic nitrogens is 1. The number of rotatable bonds is 5. The fourth-order valence-corrected chi connectivity index (χ4v) is 3.09. The second-order valence-electron chi connectivity index (χ2n) is 6.66. The van der Waals surface area contributed by atoms with E-state index in [9.17, 15) is 14.4 Å². The van der Waals surface area contributed by atoms with Crippen molar-refractivity contribution in [1.82, 2.24) is 9.88 Å². The second kappa shape index (κ2) is 9.18. The SMILES string of the molecule is CCOC(=O)N1CCN(c2ccnc(C(=O)Nc3ccc(C(C)=O)cc3)c2)CC1. The number of amides is 2. The number of anilines is 2. The molecule has 152 valence electrons. The van der Waals surface area contributed by atoms with Crippen molar-refractivity contribution >= 4 is 29.2 Å². The first kappa shape index (κ1) is 20.3. The number of piperazine rings is 1. The minimum Gasteiger partial charge on any atom is -0.450 e. The number of hydrogen-bond donors (Lipinski definition) is 1. The maximum absolute atomic E-state index is 12.6. The summed E-state index contributed by atoms with van der Waals surface area (Å²) in [5, 5.41) is 2.79. The number of hydrogen-bond acceptors (Lipinski definition) is 6. The van der Waals surface area contributed by atoms with Crippen molar-refractivity contribution < 1.29 is 19.1 Å². The van der Waals surface area contributed by atoms with Gasteiger partial charge < -0.3 is 19.9 Å². The van der Waals surface area contributed by atoms with E-state index in [1.165, 1.54) is 6.92 Å². The van der Waals surface area contributed by atoms with E-state index in [4.69, 9.17) is 4.74 Å². The lowest BCUT2D eigenvalue weighted by Crippen LogP contribution is -2.49. The highest BCUT2D eigenvalue weighted by Gasteiger charge is 2.22. The molecule has 1 fully saturated rings. The van der Waals surface area contributed by atoms with Gasteiger partial charge in [-0.1, -0.05) is 0 Å². The molecule has 8 heteroatoms. The summed E-state index contributed by atoms with van der Waals surface area (Å²) in [6.07, 6.45) is 1.30. The molecule has 1 saturated heterocycles. The fourth-order valence-electron chi connectivity index (χ4n) is 3.09. The van der Waals surface area contributed by atoms with Gasteiger partial charge in [0, 0.05) is 49.3 Å². The number of benzene rings is 1. The quantitative estimate of drug-likeness (QED) is 0.782. The Bertz CT molecular complexity index is 890. The monoisotopic (exact) mass is 396 g/mol. The van der Waals surface area contributed by atoms with Gasteiger partial charge in [-0.05, 0) is 50.2 Å². The molecule has 0 spiro atoms. The van der Waals surface area contributed by atoms with Crippen molar-refractivity contribution in [3.8, 4) is 0 Å². The van der Waals surface area contributed by atoms with Crippen LogP contribution in [0.5, 0.6) is 0 Å². The molecule has 3 rings (SSSR count). The van der Waals surface area contributed by atoms with Gasteiger partial charge in [-0.3, -0.25) is 14.6 Å². The molecular formula is C21H24N4O4.